The van der Waals surface area contributed by atoms with Crippen molar-refractivity contribution in [1.82, 2.24) is 42.5 Å². The second-order valence-corrected chi connectivity index (χ2v) is 18.2. The number of unbranched alkanes of at least 4 members (excludes halogenated alkanes) is 9. The fourth-order valence-electron chi connectivity index (χ4n) is 6.70. The fourth-order valence-corrected chi connectivity index (χ4v) is 6.70. The Balaban J connectivity index is 5.62. The van der Waals surface area contributed by atoms with Gasteiger partial charge < -0.3 is 94.9 Å². The van der Waals surface area contributed by atoms with Crippen molar-refractivity contribution in [2.45, 2.75) is 116 Å². The Kier molecular flexibility index (Phi) is 51.7. The van der Waals surface area contributed by atoms with Gasteiger partial charge in [0, 0.05) is 78.0 Å². The van der Waals surface area contributed by atoms with Crippen molar-refractivity contribution >= 4 is 48.0 Å². The van der Waals surface area contributed by atoms with Gasteiger partial charge in [-0.2, -0.15) is 0 Å². The minimum Gasteiger partial charge on any atom is -0.449 e. The number of hydrogen-bond donors (Lipinski definition) is 11. The van der Waals surface area contributed by atoms with E-state index in [1.807, 2.05) is 0 Å². The molecule has 0 fully saturated rings. The molecule has 0 radical (unpaired) electrons. The Hall–Kier alpha value is -5.44. The van der Waals surface area contributed by atoms with Crippen LogP contribution < -0.4 is 60.2 Å². The van der Waals surface area contributed by atoms with Gasteiger partial charge in [-0.25, -0.2) is 36.9 Å². The number of alkyl carbamates (subject to hydrolysis) is 4. The molecule has 0 aromatic carbocycles. The number of nitrogens with two attached hydrogens (primary N) is 3. The van der Waals surface area contributed by atoms with Crippen LogP contribution in [0.5, 0.6) is 0 Å². The molecule has 0 saturated carbocycles. The summed E-state index contributed by atoms with van der Waals surface area (Å²) in [6.45, 7) is 2.89. The van der Waals surface area contributed by atoms with E-state index < -0.39 is 56.2 Å². The highest BCUT2D eigenvalue weighted by Gasteiger charge is 2.38. The zero-order chi connectivity index (χ0) is 58.8. The normalized spacial score (nSPS) is 11.0. The molecule has 14 N–H and O–H groups in total. The molecular weight excluding hydrogens is 1060 g/mol. The van der Waals surface area contributed by atoms with Crippen LogP contribution in [-0.4, -0.2) is 199 Å². The molecule has 0 bridgehead atoms. The first-order valence-corrected chi connectivity index (χ1v) is 27.9. The summed E-state index contributed by atoms with van der Waals surface area (Å²) in [6, 6.07) is 0. The smallest absolute Gasteiger partial charge is 0.407 e. The van der Waals surface area contributed by atoms with E-state index in [1.54, 1.807) is 0 Å². The summed E-state index contributed by atoms with van der Waals surface area (Å²) in [5.74, 6) is 14.6. The lowest BCUT2D eigenvalue weighted by Crippen LogP contribution is -2.47. The highest BCUT2D eigenvalue weighted by atomic mass is 16.6. The largest absolute Gasteiger partial charge is 0.449 e. The van der Waals surface area contributed by atoms with Gasteiger partial charge in [0.25, 0.3) is 0 Å². The number of nitrogens with one attached hydrogen (secondary N) is 8. The van der Waals surface area contributed by atoms with Crippen molar-refractivity contribution < 1.29 is 90.8 Å². The summed E-state index contributed by atoms with van der Waals surface area (Å²) in [5, 5.41) is 21.1. The minimum absolute atomic E-state index is 0.00624. The molecule has 0 aliphatic carbocycles. The lowest BCUT2D eigenvalue weighted by atomic mass is 9.92. The number of carbonyl (C=O) groups excluding carboxylic acids is 8. The van der Waals surface area contributed by atoms with Crippen LogP contribution in [0, 0.1) is 5.41 Å². The first kappa shape index (κ1) is 74.6. The Bertz CT molecular complexity index is 1480. The zero-order valence-electron chi connectivity index (χ0n) is 47.3. The van der Waals surface area contributed by atoms with Gasteiger partial charge in [-0.3, -0.25) is 19.2 Å². The number of amides is 8. The molecule has 0 aromatic heterocycles. The molecule has 0 rings (SSSR count). The molecule has 0 saturated heterocycles. The van der Waals surface area contributed by atoms with Crippen molar-refractivity contribution in [3.05, 3.63) is 0 Å². The van der Waals surface area contributed by atoms with Crippen LogP contribution in [0.4, 0.5) is 19.2 Å². The third-order valence-electron chi connectivity index (χ3n) is 11.1. The summed E-state index contributed by atoms with van der Waals surface area (Å²) in [7, 11) is 0. The topological polar surface area (TPSA) is 412 Å². The fraction of sp³-hybridized carbons (Fsp3) is 0.840. The van der Waals surface area contributed by atoms with Gasteiger partial charge in [-0.1, -0.05) is 45.4 Å². The Morgan fingerprint density at radius 3 is 0.750 bits per heavy atom. The van der Waals surface area contributed by atoms with E-state index >= 15 is 0 Å². The molecule has 0 aromatic rings. The highest BCUT2D eigenvalue weighted by molar-refractivity contribution is 5.77. The van der Waals surface area contributed by atoms with E-state index in [1.165, 1.54) is 0 Å². The quantitative estimate of drug-likeness (QED) is 0.0227. The molecule has 0 aliphatic rings. The second-order valence-electron chi connectivity index (χ2n) is 18.2. The number of carbonyl (C=O) groups is 8. The SMILES string of the molecule is CCCCCCC(=O)NCCOCCNC(=O)OCC(COC(=O)NCCOCCNC(=O)CCCCCON)(COC(=O)NCCOCCNC(=O)CCCCCON)COC(=O)NCCOCCNC(=O)CCCCCON. The lowest BCUT2D eigenvalue weighted by Gasteiger charge is -2.31. The molecule has 30 nitrogen and oxygen atoms in total. The van der Waals surface area contributed by atoms with Crippen molar-refractivity contribution in [3.63, 3.8) is 0 Å². The maximum Gasteiger partial charge on any atom is 0.407 e. The van der Waals surface area contributed by atoms with Crippen LogP contribution in [0.2, 0.25) is 0 Å². The van der Waals surface area contributed by atoms with Crippen molar-refractivity contribution in [1.29, 1.82) is 0 Å². The zero-order valence-corrected chi connectivity index (χ0v) is 47.3. The van der Waals surface area contributed by atoms with Gasteiger partial charge in [0.1, 0.15) is 31.8 Å². The van der Waals surface area contributed by atoms with E-state index in [0.717, 1.165) is 64.2 Å². The predicted octanol–water partition coefficient (Wildman–Crippen LogP) is 0.731. The van der Waals surface area contributed by atoms with Gasteiger partial charge in [0.05, 0.1) is 72.7 Å². The van der Waals surface area contributed by atoms with E-state index in [9.17, 15) is 38.4 Å². The molecule has 80 heavy (non-hydrogen) atoms. The number of hydrogen-bond acceptors (Lipinski definition) is 22. The maximum absolute atomic E-state index is 13.0. The molecule has 0 heterocycles. The molecule has 8 amide bonds. The number of rotatable bonds is 55. The van der Waals surface area contributed by atoms with E-state index in [4.69, 9.17) is 55.6 Å². The predicted molar refractivity (Wildman–Crippen MR) is 290 cm³/mol. The average Bonchev–Trinajstić information content (AvgIpc) is 3.46. The minimum atomic E-state index is -1.69. The van der Waals surface area contributed by atoms with Gasteiger partial charge in [0.2, 0.25) is 23.6 Å². The Morgan fingerprint density at radius 1 is 0.300 bits per heavy atom. The molecule has 0 aliphatic heterocycles. The average molecular weight is 1160 g/mol. The van der Waals surface area contributed by atoms with Gasteiger partial charge >= 0.3 is 24.4 Å². The number of ether oxygens (including phenoxy) is 8. The van der Waals surface area contributed by atoms with Gasteiger partial charge in [-0.05, 0) is 44.9 Å². The van der Waals surface area contributed by atoms with E-state index in [2.05, 4.69) is 64.0 Å². The summed E-state index contributed by atoms with van der Waals surface area (Å²) in [5.41, 5.74) is -1.69. The van der Waals surface area contributed by atoms with Crippen LogP contribution in [-0.2, 0) is 71.6 Å². The standard InChI is InChI=1S/C50H97N11O19/c1-2-3-4-8-15-42(62)54-19-30-70-34-23-58-46(66)74-38-50(39-75-47(67)59-24-35-71-31-20-55-43(63)16-9-5-12-27-78-51,40-76-48(68)60-25-36-72-32-21-56-44(64)17-10-6-13-28-79-52)41-77-49(69)61-26-37-73-33-22-57-45(65)18-11-7-14-29-80-53/h2-41,51-53H2,1H3,(H,54,62)(H,55,63)(H,56,64)(H,57,65)(H,58,66)(H,59,67)(H,60,68)(H,61,69). The summed E-state index contributed by atoms with van der Waals surface area (Å²) in [6.07, 6.45) is 8.34. The van der Waals surface area contributed by atoms with Crippen molar-refractivity contribution in [2.24, 2.45) is 23.1 Å². The summed E-state index contributed by atoms with van der Waals surface area (Å²) >= 11 is 0. The molecule has 0 unspecified atom stereocenters. The van der Waals surface area contributed by atoms with Crippen molar-refractivity contribution in [2.75, 3.05) is 151 Å². The van der Waals surface area contributed by atoms with Crippen LogP contribution in [0.25, 0.3) is 0 Å². The van der Waals surface area contributed by atoms with Crippen LogP contribution in [0.1, 0.15) is 116 Å². The molecule has 466 valence electrons. The van der Waals surface area contributed by atoms with E-state index in [-0.39, 0.29) is 129 Å². The van der Waals surface area contributed by atoms with Crippen LogP contribution in [0.15, 0.2) is 0 Å². The molecule has 0 atom stereocenters. The lowest BCUT2D eigenvalue weighted by molar-refractivity contribution is -0.122. The summed E-state index contributed by atoms with van der Waals surface area (Å²) in [4.78, 5) is 114. The van der Waals surface area contributed by atoms with Crippen LogP contribution in [0.3, 0.4) is 0 Å². The maximum atomic E-state index is 13.0. The Morgan fingerprint density at radius 2 is 0.525 bits per heavy atom. The molecule has 0 spiro atoms. The third kappa shape index (κ3) is 50.8. The summed E-state index contributed by atoms with van der Waals surface area (Å²) < 4.78 is 44.1. The third-order valence-corrected chi connectivity index (χ3v) is 11.1. The second kappa shape index (κ2) is 55.5. The van der Waals surface area contributed by atoms with Crippen LogP contribution >= 0.6 is 0 Å². The van der Waals surface area contributed by atoms with Gasteiger partial charge in [-0.15, -0.1) is 0 Å². The highest BCUT2D eigenvalue weighted by Crippen LogP contribution is 2.21. The molecular formula is C50H97N11O19. The van der Waals surface area contributed by atoms with Gasteiger partial charge in [0.15, 0.2) is 0 Å². The van der Waals surface area contributed by atoms with Crippen molar-refractivity contribution in [3.8, 4) is 0 Å². The molecule has 30 heteroatoms. The Labute approximate surface area is 470 Å². The first-order chi connectivity index (χ1) is 38.9. The first-order valence-electron chi connectivity index (χ1n) is 27.9. The van der Waals surface area contributed by atoms with E-state index in [0.29, 0.717) is 64.8 Å². The monoisotopic (exact) mass is 1160 g/mol.